The number of aliphatic hydroxyl groups excluding tert-OH is 1. The second kappa shape index (κ2) is 22.2. The molecule has 0 aromatic carbocycles. The lowest BCUT2D eigenvalue weighted by molar-refractivity contribution is 0.126. The van der Waals surface area contributed by atoms with Crippen LogP contribution in [0.4, 0.5) is 0 Å². The molecule has 0 amide bonds. The van der Waals surface area contributed by atoms with Crippen molar-refractivity contribution in [3.05, 3.63) is 0 Å². The Morgan fingerprint density at radius 2 is 0.926 bits per heavy atom. The zero-order valence-corrected chi connectivity index (χ0v) is 18.6. The van der Waals surface area contributed by atoms with E-state index in [9.17, 15) is 5.11 Å². The van der Waals surface area contributed by atoms with Crippen LogP contribution in [0, 0.1) is 0 Å². The van der Waals surface area contributed by atoms with Gasteiger partial charge in [0.1, 0.15) is 0 Å². The maximum Gasteiger partial charge on any atom is 0.0691 e. The Morgan fingerprint density at radius 3 is 1.37 bits per heavy atom. The summed E-state index contributed by atoms with van der Waals surface area (Å²) < 4.78 is 0. The van der Waals surface area contributed by atoms with Gasteiger partial charge in [0, 0.05) is 6.04 Å². The first kappa shape index (κ1) is 26.9. The van der Waals surface area contributed by atoms with Crippen molar-refractivity contribution < 1.29 is 5.11 Å². The minimum Gasteiger partial charge on any atom is -0.392 e. The summed E-state index contributed by atoms with van der Waals surface area (Å²) in [6.45, 7) is 3.08. The summed E-state index contributed by atoms with van der Waals surface area (Å²) in [5, 5.41) is 10.2. The second-order valence-corrected chi connectivity index (χ2v) is 8.61. The van der Waals surface area contributed by atoms with Crippen molar-refractivity contribution in [1.29, 1.82) is 0 Å². The van der Waals surface area contributed by atoms with Crippen LogP contribution in [0.15, 0.2) is 0 Å². The Labute approximate surface area is 171 Å². The SMILES string of the molecule is CCCCCCCCCCCCCCCC(O)C(N)CCCCCCCN. The van der Waals surface area contributed by atoms with Gasteiger partial charge in [-0.05, 0) is 25.8 Å². The minimum absolute atomic E-state index is 0.0307. The predicted octanol–water partition coefficient (Wildman–Crippen LogP) is 6.46. The van der Waals surface area contributed by atoms with Crippen LogP contribution in [0.2, 0.25) is 0 Å². The largest absolute Gasteiger partial charge is 0.392 e. The lowest BCUT2D eigenvalue weighted by Gasteiger charge is -2.18. The average molecular weight is 385 g/mol. The molecule has 0 fully saturated rings. The van der Waals surface area contributed by atoms with Crippen molar-refractivity contribution in [2.24, 2.45) is 11.5 Å². The topological polar surface area (TPSA) is 72.3 Å². The van der Waals surface area contributed by atoms with Crippen LogP contribution in [-0.4, -0.2) is 23.8 Å². The molecule has 0 aliphatic carbocycles. The molecule has 0 heterocycles. The van der Waals surface area contributed by atoms with Crippen LogP contribution in [0.3, 0.4) is 0 Å². The maximum atomic E-state index is 10.2. The van der Waals surface area contributed by atoms with Crippen molar-refractivity contribution in [2.75, 3.05) is 6.54 Å². The summed E-state index contributed by atoms with van der Waals surface area (Å²) in [4.78, 5) is 0. The van der Waals surface area contributed by atoms with Crippen LogP contribution in [0.1, 0.15) is 135 Å². The number of hydrogen-bond acceptors (Lipinski definition) is 3. The van der Waals surface area contributed by atoms with Gasteiger partial charge in [-0.1, -0.05) is 116 Å². The van der Waals surface area contributed by atoms with E-state index in [1.807, 2.05) is 0 Å². The molecule has 0 aliphatic rings. The van der Waals surface area contributed by atoms with E-state index < -0.39 is 0 Å². The van der Waals surface area contributed by atoms with Crippen molar-refractivity contribution in [3.63, 3.8) is 0 Å². The van der Waals surface area contributed by atoms with Crippen molar-refractivity contribution in [3.8, 4) is 0 Å². The van der Waals surface area contributed by atoms with E-state index in [2.05, 4.69) is 6.92 Å². The molecule has 5 N–H and O–H groups in total. The van der Waals surface area contributed by atoms with Gasteiger partial charge in [0.05, 0.1) is 6.10 Å². The molecule has 0 rings (SSSR count). The normalized spacial score (nSPS) is 13.8. The Morgan fingerprint density at radius 1 is 0.556 bits per heavy atom. The summed E-state index contributed by atoms with van der Waals surface area (Å²) in [6.07, 6.45) is 25.3. The van der Waals surface area contributed by atoms with Gasteiger partial charge in [-0.2, -0.15) is 0 Å². The molecule has 2 unspecified atom stereocenters. The summed E-state index contributed by atoms with van der Waals surface area (Å²) in [6, 6.07) is -0.0307. The molecule has 3 heteroatoms. The van der Waals surface area contributed by atoms with E-state index in [0.29, 0.717) is 0 Å². The Bertz CT molecular complexity index is 273. The number of unbranched alkanes of at least 4 members (excludes halogenated alkanes) is 16. The quantitative estimate of drug-likeness (QED) is 0.188. The van der Waals surface area contributed by atoms with Gasteiger partial charge >= 0.3 is 0 Å². The minimum atomic E-state index is -0.304. The lowest BCUT2D eigenvalue weighted by Crippen LogP contribution is -2.34. The molecule has 0 aromatic heterocycles. The standard InChI is InChI=1S/C24H52N2O/c1-2-3-4-5-6-7-8-9-10-11-12-15-18-21-24(27)23(26)20-17-14-13-16-19-22-25/h23-24,27H,2-22,25-26H2,1H3. The molecule has 0 radical (unpaired) electrons. The lowest BCUT2D eigenvalue weighted by atomic mass is 9.98. The molecule has 0 spiro atoms. The average Bonchev–Trinajstić information content (AvgIpc) is 2.67. The molecule has 0 aromatic rings. The fraction of sp³-hybridized carbons (Fsp3) is 1.00. The monoisotopic (exact) mass is 384 g/mol. The van der Waals surface area contributed by atoms with E-state index >= 15 is 0 Å². The zero-order chi connectivity index (χ0) is 20.0. The first-order valence-electron chi connectivity index (χ1n) is 12.4. The molecule has 0 bridgehead atoms. The van der Waals surface area contributed by atoms with E-state index in [1.54, 1.807) is 0 Å². The van der Waals surface area contributed by atoms with Gasteiger partial charge < -0.3 is 16.6 Å². The number of hydrogen-bond donors (Lipinski definition) is 3. The third-order valence-electron chi connectivity index (χ3n) is 5.84. The van der Waals surface area contributed by atoms with Crippen LogP contribution in [0.25, 0.3) is 0 Å². The zero-order valence-electron chi connectivity index (χ0n) is 18.6. The van der Waals surface area contributed by atoms with E-state index in [0.717, 1.165) is 38.6 Å². The second-order valence-electron chi connectivity index (χ2n) is 8.61. The molecule has 0 saturated carbocycles. The summed E-state index contributed by atoms with van der Waals surface area (Å²) in [7, 11) is 0. The molecular weight excluding hydrogens is 332 g/mol. The van der Waals surface area contributed by atoms with Crippen LogP contribution < -0.4 is 11.5 Å². The highest BCUT2D eigenvalue weighted by Crippen LogP contribution is 2.15. The summed E-state index contributed by atoms with van der Waals surface area (Å²) in [5.41, 5.74) is 11.6. The Balaban J connectivity index is 3.27. The smallest absolute Gasteiger partial charge is 0.0691 e. The first-order valence-corrected chi connectivity index (χ1v) is 12.4. The molecule has 0 saturated heterocycles. The Hall–Kier alpha value is -0.120. The fourth-order valence-electron chi connectivity index (χ4n) is 3.83. The van der Waals surface area contributed by atoms with Crippen molar-refractivity contribution in [1.82, 2.24) is 0 Å². The van der Waals surface area contributed by atoms with Gasteiger partial charge in [0.25, 0.3) is 0 Å². The van der Waals surface area contributed by atoms with Crippen molar-refractivity contribution in [2.45, 2.75) is 147 Å². The molecule has 0 aliphatic heterocycles. The summed E-state index contributed by atoms with van der Waals surface area (Å²) in [5.74, 6) is 0. The highest BCUT2D eigenvalue weighted by Gasteiger charge is 2.13. The van der Waals surface area contributed by atoms with Crippen LogP contribution in [0.5, 0.6) is 0 Å². The molecule has 2 atom stereocenters. The number of aliphatic hydroxyl groups is 1. The van der Waals surface area contributed by atoms with Crippen LogP contribution >= 0.6 is 0 Å². The maximum absolute atomic E-state index is 10.2. The van der Waals surface area contributed by atoms with Gasteiger partial charge in [0.15, 0.2) is 0 Å². The third kappa shape index (κ3) is 20.4. The van der Waals surface area contributed by atoms with E-state index in [-0.39, 0.29) is 12.1 Å². The molecule has 164 valence electrons. The fourth-order valence-corrected chi connectivity index (χ4v) is 3.83. The number of nitrogens with two attached hydrogens (primary N) is 2. The Kier molecular flexibility index (Phi) is 22.1. The van der Waals surface area contributed by atoms with Crippen molar-refractivity contribution >= 4 is 0 Å². The van der Waals surface area contributed by atoms with E-state index in [1.165, 1.54) is 96.3 Å². The highest BCUT2D eigenvalue weighted by atomic mass is 16.3. The molecular formula is C24H52N2O. The van der Waals surface area contributed by atoms with E-state index in [4.69, 9.17) is 11.5 Å². The first-order chi connectivity index (χ1) is 13.2. The van der Waals surface area contributed by atoms with Gasteiger partial charge in [0.2, 0.25) is 0 Å². The van der Waals surface area contributed by atoms with Gasteiger partial charge in [-0.25, -0.2) is 0 Å². The molecule has 27 heavy (non-hydrogen) atoms. The third-order valence-corrected chi connectivity index (χ3v) is 5.84. The van der Waals surface area contributed by atoms with Gasteiger partial charge in [-0.15, -0.1) is 0 Å². The highest BCUT2D eigenvalue weighted by molar-refractivity contribution is 4.71. The predicted molar refractivity (Wildman–Crippen MR) is 121 cm³/mol. The molecule has 3 nitrogen and oxygen atoms in total. The van der Waals surface area contributed by atoms with Gasteiger partial charge in [-0.3, -0.25) is 0 Å². The number of rotatable bonds is 22. The van der Waals surface area contributed by atoms with Crippen LogP contribution in [-0.2, 0) is 0 Å². The summed E-state index contributed by atoms with van der Waals surface area (Å²) >= 11 is 0.